The van der Waals surface area contributed by atoms with E-state index < -0.39 is 32.8 Å². The molecular weight excluding hydrogens is 1220 g/mol. The molecule has 0 aliphatic carbocycles. The van der Waals surface area contributed by atoms with Crippen molar-refractivity contribution in [2.75, 3.05) is 31.1 Å². The second-order valence-corrected chi connectivity index (χ2v) is 36.4. The highest BCUT2D eigenvalue weighted by Crippen LogP contribution is 2.40. The van der Waals surface area contributed by atoms with Gasteiger partial charge >= 0.3 is 12.2 Å². The first kappa shape index (κ1) is 67.5. The van der Waals surface area contributed by atoms with E-state index in [1.54, 1.807) is 39.1 Å². The zero-order chi connectivity index (χ0) is 60.5. The summed E-state index contributed by atoms with van der Waals surface area (Å²) in [5.74, 6) is 0.443. The number of anilines is 1. The van der Waals surface area contributed by atoms with Crippen LogP contribution in [-0.2, 0) is 50.6 Å². The minimum Gasteiger partial charge on any atom is -0.445 e. The Morgan fingerprint density at radius 3 is 1.52 bits per heavy atom. The highest BCUT2D eigenvalue weighted by molar-refractivity contribution is 9.11. The summed E-state index contributed by atoms with van der Waals surface area (Å²) >= 11 is 6.87. The predicted molar refractivity (Wildman–Crippen MR) is 339 cm³/mol. The third-order valence-corrected chi connectivity index (χ3v) is 27.0. The Labute approximate surface area is 507 Å². The number of ether oxygens (including phenoxy) is 2. The lowest BCUT2D eigenvalue weighted by Crippen LogP contribution is -2.44. The molecule has 82 heavy (non-hydrogen) atoms. The van der Waals surface area contributed by atoms with Gasteiger partial charge in [-0.3, -0.25) is 23.7 Å². The van der Waals surface area contributed by atoms with Gasteiger partial charge in [-0.15, -0.1) is 0 Å². The molecule has 444 valence electrons. The topological polar surface area (TPSA) is 154 Å². The van der Waals surface area contributed by atoms with Crippen LogP contribution in [0.2, 0.25) is 36.3 Å². The Kier molecular flexibility index (Phi) is 25.1. The minimum absolute atomic E-state index is 0.0394. The number of halogens is 2. The van der Waals surface area contributed by atoms with Gasteiger partial charge in [-0.05, 0) is 126 Å². The Morgan fingerprint density at radius 1 is 0.646 bits per heavy atom. The lowest BCUT2D eigenvalue weighted by molar-refractivity contribution is -0.116. The molecule has 0 spiro atoms. The van der Waals surface area contributed by atoms with Crippen LogP contribution in [0.4, 0.5) is 15.4 Å². The molecule has 7 rings (SSSR count). The summed E-state index contributed by atoms with van der Waals surface area (Å²) in [6, 6.07) is 37.0. The fraction of sp³-hybridized carbons (Fsp3) is 0.429. The molecule has 3 amide bonds. The first-order valence-corrected chi connectivity index (χ1v) is 36.5. The van der Waals surface area contributed by atoms with E-state index in [9.17, 15) is 22.8 Å². The molecule has 4 aromatic carbocycles. The average molecular weight is 1310 g/mol. The normalized spacial score (nSPS) is 17.7. The minimum atomic E-state index is -3.87. The number of aromatic nitrogens is 1. The number of hydrogen-bond donors (Lipinski definition) is 0. The van der Waals surface area contributed by atoms with Crippen LogP contribution >= 0.6 is 31.9 Å². The number of amides is 3. The first-order chi connectivity index (χ1) is 38.5. The van der Waals surface area contributed by atoms with E-state index in [2.05, 4.69) is 118 Å². The molecule has 2 aliphatic rings. The first-order valence-electron chi connectivity index (χ1n) is 27.7. The predicted octanol–water partition coefficient (Wildman–Crippen LogP) is 15.4. The summed E-state index contributed by atoms with van der Waals surface area (Å²) < 4.78 is 56.6. The second-order valence-electron chi connectivity index (χ2n) is 23.6. The van der Waals surface area contributed by atoms with E-state index in [-0.39, 0.29) is 71.1 Å². The van der Waals surface area contributed by atoms with Crippen LogP contribution in [0.1, 0.15) is 83.6 Å². The lowest BCUT2D eigenvalue weighted by atomic mass is 10.2. The molecule has 4 atom stereocenters. The zero-order valence-corrected chi connectivity index (χ0v) is 55.9. The van der Waals surface area contributed by atoms with Crippen molar-refractivity contribution in [3.63, 3.8) is 0 Å². The largest absolute Gasteiger partial charge is 0.445 e. The smallest absolute Gasteiger partial charge is 0.410 e. The maximum atomic E-state index is 13.2. The molecule has 14 nitrogen and oxygen atoms in total. The van der Waals surface area contributed by atoms with Crippen LogP contribution in [-0.4, -0.2) is 108 Å². The van der Waals surface area contributed by atoms with Crippen LogP contribution < -0.4 is 4.90 Å². The summed E-state index contributed by atoms with van der Waals surface area (Å²) in [6.45, 7) is 29.0. The molecule has 2 aliphatic heterocycles. The van der Waals surface area contributed by atoms with Gasteiger partial charge in [0.05, 0.1) is 40.3 Å². The van der Waals surface area contributed by atoms with Crippen molar-refractivity contribution >= 4 is 82.5 Å². The number of carbonyl (C=O) groups excluding carboxylic acids is 3. The molecule has 0 bridgehead atoms. The monoisotopic (exact) mass is 1300 g/mol. The standard InChI is InChI=1S/C28H38BrN3O4Si.C28H39NO6SSi.C7H7Br/c1-21(33)31(26-25(29)15-10-16-30-26)17-11-14-23-18-24(36-37(5,6)28(2,3)4)19-32(23)27(34)35-20-22-12-8-7-9-13-22;1-22-14-16-26(17-15-22)36(31,32)34-18-10-13-24-19-25(35-37(5,6)28(2,3)4)20-29(24)27(30)33-21-23-11-8-7-9-12-23;1-6-4-2-3-5-7(6)8/h7-16,23-24H,17-20H2,1-6H3;7-17,24-25H,18-21H2,1-6H3;2-5H,1H3/b14-11+;13-10+;/t23-,24-;24-,25-;/m11./s1. The molecule has 5 aromatic rings. The number of likely N-dealkylation sites (tertiary alicyclic amines) is 2. The van der Waals surface area contributed by atoms with Crippen LogP contribution in [0.3, 0.4) is 0 Å². The van der Waals surface area contributed by atoms with Gasteiger partial charge in [0, 0.05) is 37.2 Å². The van der Waals surface area contributed by atoms with Gasteiger partial charge in [-0.25, -0.2) is 14.6 Å². The van der Waals surface area contributed by atoms with Crippen LogP contribution in [0, 0.1) is 13.8 Å². The highest BCUT2D eigenvalue weighted by Gasteiger charge is 2.45. The molecule has 0 saturated carbocycles. The van der Waals surface area contributed by atoms with Gasteiger partial charge in [-0.1, -0.05) is 178 Å². The van der Waals surface area contributed by atoms with Gasteiger partial charge in [0.15, 0.2) is 16.6 Å². The Morgan fingerprint density at radius 2 is 1.10 bits per heavy atom. The van der Waals surface area contributed by atoms with E-state index in [1.165, 1.54) is 29.1 Å². The number of hydrogen-bond acceptors (Lipinski definition) is 11. The average Bonchev–Trinajstić information content (AvgIpc) is 4.25. The van der Waals surface area contributed by atoms with Gasteiger partial charge in [-0.2, -0.15) is 8.42 Å². The van der Waals surface area contributed by atoms with Crippen molar-refractivity contribution in [1.29, 1.82) is 0 Å². The van der Waals surface area contributed by atoms with E-state index in [0.29, 0.717) is 38.3 Å². The fourth-order valence-electron chi connectivity index (χ4n) is 8.33. The van der Waals surface area contributed by atoms with Gasteiger partial charge in [0.1, 0.15) is 19.0 Å². The van der Waals surface area contributed by atoms with Crippen molar-refractivity contribution in [3.05, 3.63) is 183 Å². The number of rotatable bonds is 17. The summed E-state index contributed by atoms with van der Waals surface area (Å²) in [5, 5.41) is 0.107. The van der Waals surface area contributed by atoms with Crippen molar-refractivity contribution in [2.45, 2.75) is 154 Å². The Hall–Kier alpha value is -5.26. The molecule has 1 aromatic heterocycles. The van der Waals surface area contributed by atoms with Crippen LogP contribution in [0.25, 0.3) is 0 Å². The van der Waals surface area contributed by atoms with Gasteiger partial charge in [0.25, 0.3) is 10.1 Å². The fourth-order valence-corrected chi connectivity index (χ4v) is 12.7. The molecular formula is C63H84Br2N4O10SSi2. The molecule has 3 heterocycles. The highest BCUT2D eigenvalue weighted by atomic mass is 79.9. The quantitative estimate of drug-likeness (QED) is 0.0496. The van der Waals surface area contributed by atoms with E-state index >= 15 is 0 Å². The number of carbonyl (C=O) groups is 3. The molecule has 2 saturated heterocycles. The lowest BCUT2D eigenvalue weighted by Gasteiger charge is -2.38. The van der Waals surface area contributed by atoms with Crippen molar-refractivity contribution < 1.29 is 45.3 Å². The zero-order valence-electron chi connectivity index (χ0n) is 49.9. The van der Waals surface area contributed by atoms with E-state index in [1.807, 2.05) is 116 Å². The Bertz CT molecular complexity index is 3010. The Balaban J connectivity index is 0.000000264. The second kappa shape index (κ2) is 30.5. The molecule has 19 heteroatoms. The third-order valence-electron chi connectivity index (χ3n) is 15.1. The van der Waals surface area contributed by atoms with Crippen molar-refractivity contribution in [1.82, 2.24) is 14.8 Å². The van der Waals surface area contributed by atoms with Crippen molar-refractivity contribution in [3.8, 4) is 0 Å². The summed E-state index contributed by atoms with van der Waals surface area (Å²) in [5.41, 5.74) is 4.10. The number of aryl methyl sites for hydroxylation is 2. The van der Waals surface area contributed by atoms with Gasteiger partial charge in [0.2, 0.25) is 5.91 Å². The maximum absolute atomic E-state index is 13.2. The summed E-state index contributed by atoms with van der Waals surface area (Å²) in [7, 11) is -7.93. The molecule has 0 N–H and O–H groups in total. The number of nitrogens with zero attached hydrogens (tertiary/aromatic N) is 4. The summed E-state index contributed by atoms with van der Waals surface area (Å²) in [6.07, 6.45) is 9.29. The number of pyridine rings is 1. The van der Waals surface area contributed by atoms with Crippen LogP contribution in [0.5, 0.6) is 0 Å². The molecule has 0 radical (unpaired) electrons. The van der Waals surface area contributed by atoms with Crippen molar-refractivity contribution in [2.24, 2.45) is 0 Å². The van der Waals surface area contributed by atoms with Crippen LogP contribution in [0.15, 0.2) is 166 Å². The van der Waals surface area contributed by atoms with E-state index in [4.69, 9.17) is 22.5 Å². The summed E-state index contributed by atoms with van der Waals surface area (Å²) in [4.78, 5) is 48.0. The van der Waals surface area contributed by atoms with Gasteiger partial charge < -0.3 is 18.3 Å². The SMILES string of the molecule is CC(=O)N(C/C=C/[C@@H]1C[C@@H](O[Si](C)(C)C(C)(C)C)CN1C(=O)OCc1ccccc1)c1ncccc1Br.Cc1ccc(S(=O)(=O)OC/C=C/[C@@H]2C[C@@H](O[Si](C)(C)C(C)(C)C)CN2C(=O)OCc2ccccc2)cc1.Cc1ccccc1Br. The molecule has 2 fully saturated rings. The third kappa shape index (κ3) is 20.5. The number of benzene rings is 4. The maximum Gasteiger partial charge on any atom is 0.410 e. The molecule has 0 unspecified atom stereocenters. The van der Waals surface area contributed by atoms with E-state index in [0.717, 1.165) is 21.2 Å².